The van der Waals surface area contributed by atoms with Gasteiger partial charge < -0.3 is 103 Å². The Morgan fingerprint density at radius 1 is 0.520 bits per heavy atom. The minimum atomic E-state index is -2.29. The first kappa shape index (κ1) is 97.7. The Labute approximate surface area is 781 Å². The number of carboxylic acids is 3. The molecule has 5 aliphatic carbocycles. The van der Waals surface area contributed by atoms with E-state index in [1.165, 1.54) is 55.3 Å². The number of aliphatic carboxylic acids is 3. The van der Waals surface area contributed by atoms with Crippen molar-refractivity contribution in [1.29, 1.82) is 0 Å². The normalized spacial score (nSPS) is 30.9. The third kappa shape index (κ3) is 31.8. The van der Waals surface area contributed by atoms with Crippen molar-refractivity contribution in [3.05, 3.63) is 0 Å². The van der Waals surface area contributed by atoms with Crippen molar-refractivity contribution in [3.63, 3.8) is 0 Å². The number of nitrogens with zero attached hydrogens (tertiary/aromatic N) is 3. The molecule has 0 spiro atoms. The van der Waals surface area contributed by atoms with E-state index >= 15 is 0 Å². The number of urea groups is 2. The van der Waals surface area contributed by atoms with E-state index in [1.54, 1.807) is 96.9 Å². The summed E-state index contributed by atoms with van der Waals surface area (Å²) in [5, 5.41) is 51.8. The molecule has 123 heavy (non-hydrogen) atoms. The third-order valence-electron chi connectivity index (χ3n) is 23.6. The minimum Gasteiger partial charge on any atom is -0.870 e. The number of methoxy groups -OCH3 is 3. The molecular weight excluding hydrogens is 1680 g/mol. The van der Waals surface area contributed by atoms with Crippen molar-refractivity contribution in [2.75, 3.05) is 47.5 Å². The van der Waals surface area contributed by atoms with Gasteiger partial charge in [-0.3, -0.25) is 28.8 Å². The maximum absolute atomic E-state index is 13.5. The van der Waals surface area contributed by atoms with Gasteiger partial charge in [0, 0.05) is 71.0 Å². The summed E-state index contributed by atoms with van der Waals surface area (Å²) >= 11 is 9.56. The smallest absolute Gasteiger partial charge is 0.870 e. The van der Waals surface area contributed by atoms with Crippen molar-refractivity contribution in [2.45, 2.75) is 309 Å². The number of esters is 3. The molecule has 22 atom stereocenters. The van der Waals surface area contributed by atoms with E-state index in [-0.39, 0.29) is 110 Å². The number of carbonyl (C=O) groups excluding carboxylic acids is 10. The van der Waals surface area contributed by atoms with Gasteiger partial charge in [0.1, 0.15) is 54.0 Å². The second kappa shape index (κ2) is 44.4. The van der Waals surface area contributed by atoms with Gasteiger partial charge in [-0.1, -0.05) is 188 Å². The van der Waals surface area contributed by atoms with Crippen LogP contribution in [0.5, 0.6) is 0 Å². The van der Waals surface area contributed by atoms with Crippen LogP contribution in [0.15, 0.2) is 0 Å². The molecule has 5 saturated carbocycles. The van der Waals surface area contributed by atoms with Crippen LogP contribution in [-0.2, 0) is 66.9 Å². The van der Waals surface area contributed by atoms with E-state index in [2.05, 4.69) is 36.6 Å². The number of piperidine rings is 4. The van der Waals surface area contributed by atoms with Crippen LogP contribution in [0.25, 0.3) is 0 Å². The second-order valence-corrected chi connectivity index (χ2v) is 42.2. The number of halogens is 4. The number of fused-ring (bicyclic) bond motifs is 4. The number of ether oxygens (including phenoxy) is 4. The summed E-state index contributed by atoms with van der Waals surface area (Å²) < 4.78 is 113. The zero-order valence-corrected chi connectivity index (χ0v) is 80.6. The predicted octanol–water partition coefficient (Wildman–Crippen LogP) is 6.86. The van der Waals surface area contributed by atoms with Gasteiger partial charge in [0.25, 0.3) is 0 Å². The number of carboxylic acid groups (broad SMARTS) is 3. The van der Waals surface area contributed by atoms with Gasteiger partial charge in [0.2, 0.25) is 28.5 Å². The fourth-order valence-corrected chi connectivity index (χ4v) is 15.8. The van der Waals surface area contributed by atoms with Crippen LogP contribution in [0.3, 0.4) is 0 Å². The molecule has 0 bridgehead atoms. The van der Waals surface area contributed by atoms with Crippen molar-refractivity contribution < 1.29 is 142 Å². The van der Waals surface area contributed by atoms with Crippen LogP contribution < -0.4 is 62.2 Å². The number of likely N-dealkylation sites (tertiary alicyclic amines) is 3. The summed E-state index contributed by atoms with van der Waals surface area (Å²) in [5.41, 5.74) is 2.77. The van der Waals surface area contributed by atoms with Crippen molar-refractivity contribution >= 4 is 126 Å². The first-order chi connectivity index (χ1) is 58.5. The van der Waals surface area contributed by atoms with Gasteiger partial charge >= 0.3 is 72.8 Å². The van der Waals surface area contributed by atoms with E-state index in [0.717, 1.165) is 0 Å². The molecule has 9 aliphatic rings. The van der Waals surface area contributed by atoms with Crippen LogP contribution in [0.2, 0.25) is 0 Å². The number of hydrogen-bond donors (Lipinski definition) is 12. The molecular formula is C85H152Cl4LiN11O22. The van der Waals surface area contributed by atoms with Gasteiger partial charge in [-0.25, -0.2) is 33.6 Å². The summed E-state index contributed by atoms with van der Waals surface area (Å²) in [7, 11) is 3.77. The molecule has 5 unspecified atom stereocenters. The molecule has 33 nitrogen and oxygen atoms in total. The molecule has 9 amide bonds. The number of alkyl halides is 2. The Bertz CT molecular complexity index is 4020. The molecule has 0 aromatic carbocycles. The number of amides is 9. The largest absolute Gasteiger partial charge is 1.00 e. The predicted molar refractivity (Wildman–Crippen MR) is 468 cm³/mol. The van der Waals surface area contributed by atoms with Gasteiger partial charge in [0.05, 0.1) is 27.2 Å². The Hall–Kier alpha value is -5.89. The quantitative estimate of drug-likeness (QED) is 0.0325. The molecule has 9 fully saturated rings. The minimum absolute atomic E-state index is 0. The van der Waals surface area contributed by atoms with Crippen molar-refractivity contribution in [1.82, 2.24) is 46.6 Å². The molecule has 708 valence electrons. The number of carbonyl (C=O) groups is 13. The second-order valence-electron chi connectivity index (χ2n) is 41.1. The average molecular weight is 1840 g/mol. The fraction of sp³-hybridized carbons (Fsp3) is 0.847. The van der Waals surface area contributed by atoms with Crippen LogP contribution in [-0.4, -0.2) is 242 Å². The first-order valence-corrected chi connectivity index (χ1v) is 41.1. The average Bonchev–Trinajstić information content (AvgIpc) is 1.51. The van der Waals surface area contributed by atoms with E-state index < -0.39 is 237 Å². The SMILES string of the molecule is C[C@H](C(=O)O)C(C)(C)C.Cl.Cl.NC(=O)C(O)[C@@H](N)CC1CCC1.O=C(O)C(Cl)Cl.[2H]C([2H])([2H])C1(C)[C@@H]2[C@@H](C(=O)O)N(C(=O)[C@@H](NC(=O)NC(C)(C)C)C(C)(C)C)C[C@@H]21.[2H]C([2H])([2H])C1(C)[C@@H]2[C@@H](C(=O)OC)N(C(=O)[C@@H](NC(=O)NC(C)(C)C)C(C)(C)C)C[C@@H]21.[2H]C([2H])([2H])C1(C)[C@@H]2[C@@H](C(=O)OC)N(C(=O)[C@@H](NC(=O)OC(C)(C)C)C(C)(C)C)C[C@@H]21.[2H]C([2H])([2H])C1(C)[C@@H]2[C@@H](C(=O)OC)NC[C@@H]21.[Li+].[OH-]. The number of primary amides is 1. The van der Waals surface area contributed by atoms with E-state index in [1.807, 2.05) is 83.1 Å². The topological polar surface area (TPSA) is 504 Å². The third-order valence-corrected chi connectivity index (χ3v) is 24.0. The van der Waals surface area contributed by atoms with Gasteiger partial charge in [-0.15, -0.1) is 24.8 Å². The zero-order chi connectivity index (χ0) is 103. The van der Waals surface area contributed by atoms with Gasteiger partial charge in [-0.05, 0) is 154 Å². The summed E-state index contributed by atoms with van der Waals surface area (Å²) in [6.07, 6.45) is 2.37. The fourth-order valence-electron chi connectivity index (χ4n) is 15.8. The van der Waals surface area contributed by atoms with Crippen LogP contribution >= 0.6 is 48.0 Å². The molecule has 4 heterocycles. The number of hydrogen-bond acceptors (Lipinski definition) is 21. The molecule has 0 aromatic rings. The Kier molecular flexibility index (Phi) is 35.3. The maximum Gasteiger partial charge on any atom is 1.00 e. The van der Waals surface area contributed by atoms with Crippen molar-refractivity contribution in [2.24, 2.45) is 114 Å². The Morgan fingerprint density at radius 3 is 1.07 bits per heavy atom. The Balaban J connectivity index is 0. The number of rotatable bonds is 16. The molecule has 38 heteroatoms. The monoisotopic (exact) mass is 1840 g/mol. The van der Waals surface area contributed by atoms with Crippen LogP contribution in [0.4, 0.5) is 14.4 Å². The van der Waals surface area contributed by atoms with Crippen molar-refractivity contribution in [3.8, 4) is 0 Å². The molecule has 0 aromatic heterocycles. The first-order valence-electron chi connectivity index (χ1n) is 46.2. The summed E-state index contributed by atoms with van der Waals surface area (Å²) in [5.74, 6) is -9.24. The zero-order valence-electron chi connectivity index (χ0n) is 89.4. The van der Waals surface area contributed by atoms with E-state index in [9.17, 15) is 67.4 Å². The molecule has 4 aliphatic heterocycles. The number of aliphatic hydroxyl groups excluding tert-OH is 1. The molecule has 0 radical (unpaired) electrons. The van der Waals surface area contributed by atoms with Crippen LogP contribution in [0, 0.1) is 102 Å². The van der Waals surface area contributed by atoms with E-state index in [0.29, 0.717) is 18.9 Å². The van der Waals surface area contributed by atoms with Gasteiger partial charge in [-0.2, -0.15) is 0 Å². The number of alkyl carbamates (subject to hydrolysis) is 1. The molecule has 9 rings (SSSR count). The van der Waals surface area contributed by atoms with Gasteiger partial charge in [0.15, 0.2) is 0 Å². The summed E-state index contributed by atoms with van der Waals surface area (Å²) in [4.78, 5) is 159. The Morgan fingerprint density at radius 2 is 0.837 bits per heavy atom. The number of nitrogens with one attached hydrogen (secondary N) is 6. The van der Waals surface area contributed by atoms with E-state index in [4.69, 9.17) is 80.6 Å². The van der Waals surface area contributed by atoms with Crippen LogP contribution in [0.1, 0.15) is 250 Å². The standard InChI is InChI=1S/C20H35N3O4.C20H34N2O5.C19H33N3O4.C9H15NO2.C8H16N2O2.C7H14O2.C2H2Cl2O2.2ClH.Li.H2O/c1-18(2,3)14(21-17(26)22-19(4,5)6)15(24)23-10-11-12(20(11,7)8)13(23)16(25)27-9;1-18(2,3)14(21-17(25)27-19(4,5)6)15(23)22-10-11-12(20(11,7)8)13(22)16(24)26-9;1-17(2,3)13(20-16(26)21-18(4,5)6)14(23)22-9-10-11(19(10,7)8)12(22)15(24)25;1-9(2)5-4-10-7(6(5)9)8(11)12-3;9-6(7(11)8(10)12)4-5-2-1-3-5;1-5(6(8)9)7(2,3)4;3-1(4)2(5)6;;;;/h11-14H,10H2,1-9H3,(H2,21,22,26);11-14H,10H2,1-9H3,(H,21,25);10-13H,9H2,1-8H3,(H,24,25)(H2,20,21,26);5-7,10H,4H2,1-3H3;5-7,11H,1-4,9H2,(H2,10,12);5H,1-4H3,(H,8,9);1H,(H,5,6);2*1H;;1H2/q;;;;;;;;;+1;/p-1/t2*11-,12-,13-,14+;10-,11-,12-,13+;5-,6-,7-;6-,7?;5-;;;;;/m000001...../s1/i3*7D3;1D3;;;;;;;/t2*11-,12-,13-,14+,20?;10-,11-,12-,13+,19?;5-,6-,7-,9?;m;;;;;;. The number of aliphatic hydroxyl groups is 1. The summed E-state index contributed by atoms with van der Waals surface area (Å²) in [6, 6.07) is -7.92. The summed E-state index contributed by atoms with van der Waals surface area (Å²) in [6.45, 7) is 38.5. The maximum atomic E-state index is 13.5. The number of nitrogens with two attached hydrogens (primary N) is 2. The molecule has 4 saturated heterocycles. The molecule has 15 N–H and O–H groups in total.